The van der Waals surface area contributed by atoms with Crippen LogP contribution in [0.15, 0.2) is 41.0 Å². The second-order valence-electron chi connectivity index (χ2n) is 5.75. The number of carbonyl (C=O) groups excluding carboxylic acids is 1. The number of carbonyl (C=O) groups is 1. The van der Waals surface area contributed by atoms with Crippen LogP contribution in [0, 0.1) is 13.8 Å². The highest BCUT2D eigenvalue weighted by atomic mass is 16.3. The lowest BCUT2D eigenvalue weighted by atomic mass is 10.00. The Hall–Kier alpha value is -2.07. The Labute approximate surface area is 124 Å². The van der Waals surface area contributed by atoms with E-state index in [1.807, 2.05) is 32.0 Å². The molecule has 0 fully saturated rings. The van der Waals surface area contributed by atoms with Gasteiger partial charge >= 0.3 is 0 Å². The Morgan fingerprint density at radius 3 is 2.76 bits per heavy atom. The van der Waals surface area contributed by atoms with Gasteiger partial charge in [0.2, 0.25) is 0 Å². The summed E-state index contributed by atoms with van der Waals surface area (Å²) in [5.41, 5.74) is 1.55. The molecule has 0 unspecified atom stereocenters. The summed E-state index contributed by atoms with van der Waals surface area (Å²) >= 11 is 0. The van der Waals surface area contributed by atoms with Crippen molar-refractivity contribution in [1.82, 2.24) is 5.32 Å². The first-order chi connectivity index (χ1) is 9.87. The minimum absolute atomic E-state index is 0.167. The third-order valence-corrected chi connectivity index (χ3v) is 3.40. The van der Waals surface area contributed by atoms with E-state index in [9.17, 15) is 9.90 Å². The maximum absolute atomic E-state index is 12.2. The minimum Gasteiger partial charge on any atom is -0.469 e. The van der Waals surface area contributed by atoms with Crippen molar-refractivity contribution in [3.8, 4) is 0 Å². The van der Waals surface area contributed by atoms with Crippen molar-refractivity contribution >= 4 is 5.91 Å². The highest BCUT2D eigenvalue weighted by Gasteiger charge is 2.23. The van der Waals surface area contributed by atoms with Crippen LogP contribution in [0.2, 0.25) is 0 Å². The van der Waals surface area contributed by atoms with Crippen molar-refractivity contribution < 1.29 is 14.3 Å². The lowest BCUT2D eigenvalue weighted by molar-refractivity contribution is 0.0510. The lowest BCUT2D eigenvalue weighted by Crippen LogP contribution is -2.42. The molecule has 0 saturated heterocycles. The van der Waals surface area contributed by atoms with Gasteiger partial charge in [-0.2, -0.15) is 0 Å². The second-order valence-corrected chi connectivity index (χ2v) is 5.75. The van der Waals surface area contributed by atoms with Crippen LogP contribution in [0.4, 0.5) is 0 Å². The first-order valence-corrected chi connectivity index (χ1v) is 6.98. The van der Waals surface area contributed by atoms with Crippen molar-refractivity contribution in [2.45, 2.75) is 32.8 Å². The Balaban J connectivity index is 1.98. The molecule has 4 heteroatoms. The number of benzene rings is 1. The van der Waals surface area contributed by atoms with Crippen LogP contribution in [-0.4, -0.2) is 23.2 Å². The van der Waals surface area contributed by atoms with Crippen LogP contribution < -0.4 is 5.32 Å². The van der Waals surface area contributed by atoms with Crippen molar-refractivity contribution in [2.75, 3.05) is 6.54 Å². The Kier molecular flexibility index (Phi) is 4.48. The number of amides is 1. The predicted octanol–water partition coefficient (Wildman–Crippen LogP) is 2.62. The smallest absolute Gasteiger partial charge is 0.251 e. The molecule has 0 spiro atoms. The molecule has 0 aliphatic heterocycles. The molecule has 1 heterocycles. The lowest BCUT2D eigenvalue weighted by Gasteiger charge is -2.22. The second kappa shape index (κ2) is 6.14. The molecular formula is C17H21NO3. The van der Waals surface area contributed by atoms with Crippen LogP contribution >= 0.6 is 0 Å². The van der Waals surface area contributed by atoms with E-state index in [2.05, 4.69) is 5.32 Å². The zero-order valence-electron chi connectivity index (χ0n) is 12.6. The zero-order valence-corrected chi connectivity index (χ0v) is 12.6. The summed E-state index contributed by atoms with van der Waals surface area (Å²) in [6, 6.07) is 9.33. The van der Waals surface area contributed by atoms with Crippen LogP contribution in [0.5, 0.6) is 0 Å². The average molecular weight is 287 g/mol. The molecule has 2 aromatic rings. The van der Waals surface area contributed by atoms with Crippen molar-refractivity contribution in [1.29, 1.82) is 0 Å². The molecule has 1 amide bonds. The summed E-state index contributed by atoms with van der Waals surface area (Å²) in [7, 11) is 0. The molecule has 1 atom stereocenters. The van der Waals surface area contributed by atoms with Crippen molar-refractivity contribution in [3.63, 3.8) is 0 Å². The minimum atomic E-state index is -1.05. The van der Waals surface area contributed by atoms with Crippen LogP contribution in [-0.2, 0) is 6.42 Å². The Bertz CT molecular complexity index is 615. The first-order valence-electron chi connectivity index (χ1n) is 6.98. The van der Waals surface area contributed by atoms with Crippen LogP contribution in [0.3, 0.4) is 0 Å². The van der Waals surface area contributed by atoms with E-state index in [-0.39, 0.29) is 12.5 Å². The van der Waals surface area contributed by atoms with E-state index < -0.39 is 5.60 Å². The molecule has 0 radical (unpaired) electrons. The SMILES string of the molecule is Cc1ccc(C)c(C(=O)NC[C@@](C)(O)Cc2ccco2)c1. The molecule has 4 nitrogen and oxygen atoms in total. The molecule has 0 aliphatic carbocycles. The molecule has 21 heavy (non-hydrogen) atoms. The number of aliphatic hydroxyl groups is 1. The fourth-order valence-corrected chi connectivity index (χ4v) is 2.20. The number of furan rings is 1. The van der Waals surface area contributed by atoms with E-state index >= 15 is 0 Å². The Morgan fingerprint density at radius 1 is 1.33 bits per heavy atom. The molecule has 2 rings (SSSR count). The predicted molar refractivity (Wildman–Crippen MR) is 81.3 cm³/mol. The van der Waals surface area contributed by atoms with E-state index in [4.69, 9.17) is 4.42 Å². The van der Waals surface area contributed by atoms with E-state index in [0.717, 1.165) is 11.1 Å². The number of aryl methyl sites for hydroxylation is 2. The van der Waals surface area contributed by atoms with Gasteiger partial charge in [-0.1, -0.05) is 17.7 Å². The Morgan fingerprint density at radius 2 is 2.10 bits per heavy atom. The fraction of sp³-hybridized carbons (Fsp3) is 0.353. The van der Waals surface area contributed by atoms with Crippen LogP contribution in [0.1, 0.15) is 34.2 Å². The van der Waals surface area contributed by atoms with E-state index in [1.165, 1.54) is 0 Å². The maximum Gasteiger partial charge on any atom is 0.251 e. The summed E-state index contributed by atoms with van der Waals surface area (Å²) in [6.07, 6.45) is 1.92. The number of hydrogen-bond acceptors (Lipinski definition) is 3. The normalized spacial score (nSPS) is 13.7. The van der Waals surface area contributed by atoms with Gasteiger partial charge in [-0.15, -0.1) is 0 Å². The van der Waals surface area contributed by atoms with Gasteiger partial charge in [0.1, 0.15) is 5.76 Å². The third-order valence-electron chi connectivity index (χ3n) is 3.40. The molecule has 0 aliphatic rings. The highest BCUT2D eigenvalue weighted by Crippen LogP contribution is 2.14. The van der Waals surface area contributed by atoms with Gasteiger partial charge in [0.05, 0.1) is 11.9 Å². The van der Waals surface area contributed by atoms with Crippen molar-refractivity contribution in [3.05, 3.63) is 59.0 Å². The third kappa shape index (κ3) is 4.20. The first kappa shape index (κ1) is 15.3. The zero-order chi connectivity index (χ0) is 15.5. The maximum atomic E-state index is 12.2. The molecule has 112 valence electrons. The van der Waals surface area contributed by atoms with Gasteiger partial charge in [0.15, 0.2) is 0 Å². The summed E-state index contributed by atoms with van der Waals surface area (Å²) < 4.78 is 5.22. The van der Waals surface area contributed by atoms with Gasteiger partial charge in [0.25, 0.3) is 5.91 Å². The molecular weight excluding hydrogens is 266 g/mol. The summed E-state index contributed by atoms with van der Waals surface area (Å²) in [5.74, 6) is 0.525. The highest BCUT2D eigenvalue weighted by molar-refractivity contribution is 5.95. The quantitative estimate of drug-likeness (QED) is 0.888. The number of rotatable bonds is 5. The monoisotopic (exact) mass is 287 g/mol. The largest absolute Gasteiger partial charge is 0.469 e. The summed E-state index contributed by atoms with van der Waals surface area (Å²) in [5, 5.41) is 13.1. The fourth-order valence-electron chi connectivity index (χ4n) is 2.20. The molecule has 1 aromatic carbocycles. The molecule has 0 bridgehead atoms. The number of nitrogens with one attached hydrogen (secondary N) is 1. The average Bonchev–Trinajstić information content (AvgIpc) is 2.91. The van der Waals surface area contributed by atoms with Gasteiger partial charge < -0.3 is 14.8 Å². The van der Waals surface area contributed by atoms with E-state index in [1.54, 1.807) is 25.3 Å². The standard InChI is InChI=1S/C17H21NO3/c1-12-6-7-13(2)15(9-12)16(19)18-11-17(3,20)10-14-5-4-8-21-14/h4-9,20H,10-11H2,1-3H3,(H,18,19)/t17-/m0/s1. The van der Waals surface area contributed by atoms with Crippen molar-refractivity contribution in [2.24, 2.45) is 0 Å². The van der Waals surface area contributed by atoms with E-state index in [0.29, 0.717) is 17.7 Å². The molecule has 1 aromatic heterocycles. The van der Waals surface area contributed by atoms with Gasteiger partial charge in [-0.25, -0.2) is 0 Å². The number of hydrogen-bond donors (Lipinski definition) is 2. The van der Waals surface area contributed by atoms with Gasteiger partial charge in [-0.05, 0) is 44.5 Å². The molecule has 0 saturated carbocycles. The summed E-state index contributed by atoms with van der Waals surface area (Å²) in [6.45, 7) is 5.69. The van der Waals surface area contributed by atoms with Gasteiger partial charge in [0, 0.05) is 18.5 Å². The summed E-state index contributed by atoms with van der Waals surface area (Å²) in [4.78, 5) is 12.2. The van der Waals surface area contributed by atoms with Crippen LogP contribution in [0.25, 0.3) is 0 Å². The topological polar surface area (TPSA) is 62.5 Å². The van der Waals surface area contributed by atoms with Gasteiger partial charge in [-0.3, -0.25) is 4.79 Å². The molecule has 2 N–H and O–H groups in total.